The Morgan fingerprint density at radius 1 is 1.28 bits per heavy atom. The minimum absolute atomic E-state index is 0. The van der Waals surface area contributed by atoms with E-state index in [0.717, 1.165) is 0 Å². The predicted octanol–water partition coefficient (Wildman–Crippen LogP) is 3.12. The summed E-state index contributed by atoms with van der Waals surface area (Å²) in [5.74, 6) is -5.57. The number of pyridine rings is 1. The molecule has 1 aliphatic heterocycles. The number of carbonyl (C=O) groups is 1. The number of carboxylic acids is 1. The molecule has 0 radical (unpaired) electrons. The maximum atomic E-state index is 15.2. The third-order valence-electron chi connectivity index (χ3n) is 5.30. The van der Waals surface area contributed by atoms with E-state index >= 15 is 4.39 Å². The van der Waals surface area contributed by atoms with Crippen LogP contribution in [0, 0.1) is 12.7 Å². The van der Waals surface area contributed by atoms with Crippen molar-refractivity contribution in [1.82, 2.24) is 15.0 Å². The summed E-state index contributed by atoms with van der Waals surface area (Å²) < 4.78 is 75.3. The molecule has 2 aromatic rings. The highest BCUT2D eigenvalue weighted by Gasteiger charge is 2.51. The summed E-state index contributed by atoms with van der Waals surface area (Å²) in [4.78, 5) is 14.9. The van der Waals surface area contributed by atoms with Crippen LogP contribution in [0.4, 0.5) is 19.0 Å². The fourth-order valence-electron chi connectivity index (χ4n) is 3.44. The fraction of sp³-hybridized carbons (Fsp3) is 0.429. The van der Waals surface area contributed by atoms with E-state index in [1.165, 1.54) is 25.1 Å². The molecular formula is C21H27Cl2F3N4O5S. The van der Waals surface area contributed by atoms with Crippen LogP contribution in [0.5, 0.6) is 11.6 Å². The molecule has 0 saturated carbocycles. The van der Waals surface area contributed by atoms with Gasteiger partial charge in [0.2, 0.25) is 15.9 Å². The van der Waals surface area contributed by atoms with Gasteiger partial charge in [-0.2, -0.15) is 4.98 Å². The van der Waals surface area contributed by atoms with E-state index in [0.29, 0.717) is 5.56 Å². The summed E-state index contributed by atoms with van der Waals surface area (Å²) in [5, 5.41) is 13.9. The van der Waals surface area contributed by atoms with Gasteiger partial charge >= 0.3 is 5.97 Å². The van der Waals surface area contributed by atoms with E-state index in [1.807, 2.05) is 4.72 Å². The van der Waals surface area contributed by atoms with Gasteiger partial charge < -0.3 is 20.5 Å². The van der Waals surface area contributed by atoms with E-state index in [-0.39, 0.29) is 66.5 Å². The first-order valence-corrected chi connectivity index (χ1v) is 12.1. The normalized spacial score (nSPS) is 18.6. The molecule has 1 saturated heterocycles. The summed E-state index contributed by atoms with van der Waals surface area (Å²) >= 11 is 0. The first kappa shape index (κ1) is 31.7. The molecule has 3 rings (SSSR count). The first-order valence-electron chi connectivity index (χ1n) is 10.4. The molecule has 2 atom stereocenters. The lowest BCUT2D eigenvalue weighted by atomic mass is 9.99. The number of hydrogen-bond acceptors (Lipinski definition) is 7. The van der Waals surface area contributed by atoms with Crippen molar-refractivity contribution < 1.29 is 36.2 Å². The number of alkyl halides is 2. The molecule has 36 heavy (non-hydrogen) atoms. The molecule has 15 heteroatoms. The zero-order valence-corrected chi connectivity index (χ0v) is 21.7. The standard InChI is InChI=1S/C21H25F3N4O5S.2ClH/c1-3-34(31,32)28-19-14(26-11-21(19,23)24)9-13-5-4-6-15(18(13)22)33-20-12(2)7-8-16(27-20)25-10-17(29)30;;/h4-8,14,19,26,28H,3,9-11H2,1-2H3,(H,25,27)(H,29,30);2*1H/t14-,19+;;/m0../s1. The fourth-order valence-corrected chi connectivity index (χ4v) is 4.33. The van der Waals surface area contributed by atoms with Gasteiger partial charge in [0.05, 0.1) is 12.3 Å². The molecule has 2 heterocycles. The van der Waals surface area contributed by atoms with Crippen LogP contribution >= 0.6 is 24.8 Å². The van der Waals surface area contributed by atoms with Gasteiger partial charge in [-0.1, -0.05) is 18.2 Å². The SMILES string of the molecule is CCS(=O)(=O)N[C@@H]1[C@H](Cc2cccc(Oc3nc(NCC(=O)O)ccc3C)c2F)NCC1(F)F.Cl.Cl. The van der Waals surface area contributed by atoms with Crippen LogP contribution in [0.2, 0.25) is 0 Å². The number of aryl methyl sites for hydroxylation is 1. The molecule has 0 bridgehead atoms. The Morgan fingerprint density at radius 2 is 1.97 bits per heavy atom. The van der Waals surface area contributed by atoms with Crippen LogP contribution in [0.15, 0.2) is 30.3 Å². The van der Waals surface area contributed by atoms with E-state index in [1.54, 1.807) is 19.1 Å². The summed E-state index contributed by atoms with van der Waals surface area (Å²) in [6, 6.07) is 4.59. The Hall–Kier alpha value is -2.32. The Bertz CT molecular complexity index is 1170. The van der Waals surface area contributed by atoms with Crippen LogP contribution in [0.25, 0.3) is 0 Å². The summed E-state index contributed by atoms with van der Waals surface area (Å²) in [7, 11) is -3.92. The number of carboxylic acid groups (broad SMARTS) is 1. The van der Waals surface area contributed by atoms with Crippen molar-refractivity contribution in [3.05, 3.63) is 47.3 Å². The predicted molar refractivity (Wildman–Crippen MR) is 133 cm³/mol. The Balaban J connectivity index is 0.00000324. The monoisotopic (exact) mass is 574 g/mol. The molecule has 0 aliphatic carbocycles. The number of nitrogens with zero attached hydrogens (tertiary/aromatic N) is 1. The van der Waals surface area contributed by atoms with E-state index < -0.39 is 46.4 Å². The number of aliphatic carboxylic acids is 1. The molecule has 202 valence electrons. The number of halogens is 5. The van der Waals surface area contributed by atoms with Gasteiger partial charge in [-0.25, -0.2) is 26.3 Å². The molecular weight excluding hydrogens is 548 g/mol. The van der Waals surface area contributed by atoms with Crippen LogP contribution in [0.1, 0.15) is 18.1 Å². The van der Waals surface area contributed by atoms with Crippen molar-refractivity contribution in [1.29, 1.82) is 0 Å². The Morgan fingerprint density at radius 3 is 2.61 bits per heavy atom. The van der Waals surface area contributed by atoms with Gasteiger partial charge in [0, 0.05) is 11.6 Å². The maximum absolute atomic E-state index is 15.2. The highest BCUT2D eigenvalue weighted by Crippen LogP contribution is 2.32. The average molecular weight is 575 g/mol. The van der Waals surface area contributed by atoms with Crippen molar-refractivity contribution in [2.75, 3.05) is 24.2 Å². The number of ether oxygens (including phenoxy) is 1. The van der Waals surface area contributed by atoms with Gasteiger partial charge in [0.1, 0.15) is 18.4 Å². The highest BCUT2D eigenvalue weighted by atomic mass is 35.5. The summed E-state index contributed by atoms with van der Waals surface area (Å²) in [5.41, 5.74) is 0.600. The minimum Gasteiger partial charge on any atom is -0.480 e. The van der Waals surface area contributed by atoms with Gasteiger partial charge in [-0.15, -0.1) is 24.8 Å². The number of sulfonamides is 1. The second kappa shape index (κ2) is 12.8. The number of rotatable bonds is 10. The second-order valence-electron chi connectivity index (χ2n) is 7.85. The molecule has 1 fully saturated rings. The lowest BCUT2D eigenvalue weighted by Gasteiger charge is -2.24. The van der Waals surface area contributed by atoms with Crippen LogP contribution in [-0.4, -0.2) is 61.3 Å². The van der Waals surface area contributed by atoms with Gasteiger partial charge in [0.15, 0.2) is 11.6 Å². The zero-order chi connectivity index (χ0) is 25.1. The molecule has 0 amide bonds. The van der Waals surface area contributed by atoms with Gasteiger partial charge in [0.25, 0.3) is 5.92 Å². The zero-order valence-electron chi connectivity index (χ0n) is 19.3. The molecule has 0 spiro atoms. The van der Waals surface area contributed by atoms with Crippen LogP contribution in [0.3, 0.4) is 0 Å². The molecule has 4 N–H and O–H groups in total. The molecule has 1 aliphatic rings. The van der Waals surface area contributed by atoms with Crippen molar-refractivity contribution in [2.24, 2.45) is 0 Å². The molecule has 0 unspecified atom stereocenters. The van der Waals surface area contributed by atoms with Crippen molar-refractivity contribution in [2.45, 2.75) is 38.3 Å². The second-order valence-corrected chi connectivity index (χ2v) is 9.89. The number of anilines is 1. The first-order chi connectivity index (χ1) is 15.9. The molecule has 1 aromatic carbocycles. The highest BCUT2D eigenvalue weighted by molar-refractivity contribution is 7.89. The van der Waals surface area contributed by atoms with Crippen molar-refractivity contribution in [3.8, 4) is 11.6 Å². The topological polar surface area (TPSA) is 130 Å². The lowest BCUT2D eigenvalue weighted by molar-refractivity contribution is -0.134. The quantitative estimate of drug-likeness (QED) is 0.340. The van der Waals surface area contributed by atoms with E-state index in [2.05, 4.69) is 15.6 Å². The maximum Gasteiger partial charge on any atom is 0.322 e. The van der Waals surface area contributed by atoms with Crippen molar-refractivity contribution >= 4 is 46.6 Å². The number of benzene rings is 1. The molecule has 9 nitrogen and oxygen atoms in total. The van der Waals surface area contributed by atoms with E-state index in [4.69, 9.17) is 9.84 Å². The Kier molecular flexibility index (Phi) is 11.2. The number of aromatic nitrogens is 1. The largest absolute Gasteiger partial charge is 0.480 e. The smallest absolute Gasteiger partial charge is 0.322 e. The van der Waals surface area contributed by atoms with E-state index in [9.17, 15) is 22.0 Å². The van der Waals surface area contributed by atoms with Gasteiger partial charge in [-0.3, -0.25) is 4.79 Å². The third-order valence-corrected chi connectivity index (χ3v) is 6.68. The van der Waals surface area contributed by atoms with Crippen molar-refractivity contribution in [3.63, 3.8) is 0 Å². The summed E-state index contributed by atoms with van der Waals surface area (Å²) in [6.45, 7) is 1.88. The third kappa shape index (κ3) is 7.84. The number of nitrogens with one attached hydrogen (secondary N) is 3. The number of hydrogen-bond donors (Lipinski definition) is 4. The average Bonchev–Trinajstić information content (AvgIpc) is 3.04. The van der Waals surface area contributed by atoms with Crippen LogP contribution < -0.4 is 20.1 Å². The summed E-state index contributed by atoms with van der Waals surface area (Å²) in [6.07, 6.45) is -0.220. The minimum atomic E-state index is -3.92. The van der Waals surface area contributed by atoms with Crippen LogP contribution in [-0.2, 0) is 21.2 Å². The van der Waals surface area contributed by atoms with Gasteiger partial charge in [-0.05, 0) is 38.0 Å². The molecule has 1 aromatic heterocycles. The Labute approximate surface area is 219 Å². The lowest BCUT2D eigenvalue weighted by Crippen LogP contribution is -2.51.